The molecule has 1 N–H and O–H groups in total. The molecule has 0 bridgehead atoms. The van der Waals surface area contributed by atoms with Crippen molar-refractivity contribution >= 4 is 40.1 Å². The molecule has 0 aliphatic carbocycles. The third-order valence-electron chi connectivity index (χ3n) is 3.48. The van der Waals surface area contributed by atoms with Crippen molar-refractivity contribution in [2.24, 2.45) is 5.92 Å². The quantitative estimate of drug-likeness (QED) is 0.516. The predicted molar refractivity (Wildman–Crippen MR) is 100 cm³/mol. The highest BCUT2D eigenvalue weighted by Crippen LogP contribution is 2.28. The summed E-state index contributed by atoms with van der Waals surface area (Å²) in [6, 6.07) is 12.2. The van der Waals surface area contributed by atoms with Crippen molar-refractivity contribution in [2.45, 2.75) is 0 Å². The Bertz CT molecular complexity index is 974. The van der Waals surface area contributed by atoms with Gasteiger partial charge in [0.1, 0.15) is 16.5 Å². The number of carbonyl (C=O) groups excluding carboxylic acids is 2. The Morgan fingerprint density at radius 3 is 2.81 bits per heavy atom. The Morgan fingerprint density at radius 1 is 1.27 bits per heavy atom. The average molecular weight is 383 g/mol. The summed E-state index contributed by atoms with van der Waals surface area (Å²) in [5.41, 5.74) is 0.561. The number of Topliss-reactive ketones (excluding diaryl/α,β-unsaturated/α-hetero) is 1. The molecule has 0 spiro atoms. The highest BCUT2D eigenvalue weighted by molar-refractivity contribution is 7.20. The van der Waals surface area contributed by atoms with Crippen LogP contribution in [0.15, 0.2) is 47.2 Å². The zero-order chi connectivity index (χ0) is 18.5. The van der Waals surface area contributed by atoms with Gasteiger partial charge in [-0.15, -0.1) is 22.7 Å². The van der Waals surface area contributed by atoms with Crippen LogP contribution in [-0.4, -0.2) is 23.8 Å². The van der Waals surface area contributed by atoms with E-state index < -0.39 is 17.6 Å². The standard InChI is InChI=1S/C18H13N3O3S2/c1-24-12-5-2-4-11(8-12)20-17(23)13(9-19)16(22)14-10-26-18(21-14)15-6-3-7-25-15/h2-8,10,13H,1H3,(H,20,23). The van der Waals surface area contributed by atoms with E-state index in [4.69, 9.17) is 4.74 Å². The number of methoxy groups -OCH3 is 1. The fourth-order valence-corrected chi connectivity index (χ4v) is 3.82. The fraction of sp³-hybridized carbons (Fsp3) is 0.111. The topological polar surface area (TPSA) is 92.1 Å². The van der Waals surface area contributed by atoms with Crippen LogP contribution >= 0.6 is 22.7 Å². The number of nitrogens with one attached hydrogen (secondary N) is 1. The molecule has 3 aromatic rings. The van der Waals surface area contributed by atoms with Crippen LogP contribution in [0, 0.1) is 17.2 Å². The molecule has 130 valence electrons. The van der Waals surface area contributed by atoms with Gasteiger partial charge in [0.05, 0.1) is 18.1 Å². The summed E-state index contributed by atoms with van der Waals surface area (Å²) >= 11 is 2.81. The predicted octanol–water partition coefficient (Wildman–Crippen LogP) is 3.84. The molecule has 1 atom stereocenters. The molecule has 1 aromatic carbocycles. The minimum Gasteiger partial charge on any atom is -0.497 e. The fourth-order valence-electron chi connectivity index (χ4n) is 2.20. The van der Waals surface area contributed by atoms with Gasteiger partial charge in [-0.3, -0.25) is 9.59 Å². The monoisotopic (exact) mass is 383 g/mol. The van der Waals surface area contributed by atoms with Crippen LogP contribution in [0.5, 0.6) is 5.75 Å². The Hall–Kier alpha value is -3.02. The van der Waals surface area contributed by atoms with Crippen LogP contribution in [0.2, 0.25) is 0 Å². The third-order valence-corrected chi connectivity index (χ3v) is 5.36. The lowest BCUT2D eigenvalue weighted by molar-refractivity contribution is -0.117. The lowest BCUT2D eigenvalue weighted by Crippen LogP contribution is -2.28. The number of ether oxygens (including phenoxy) is 1. The van der Waals surface area contributed by atoms with E-state index in [2.05, 4.69) is 10.3 Å². The Morgan fingerprint density at radius 2 is 2.12 bits per heavy atom. The largest absolute Gasteiger partial charge is 0.497 e. The number of rotatable bonds is 6. The molecule has 6 nitrogen and oxygen atoms in total. The van der Waals surface area contributed by atoms with E-state index in [0.717, 1.165) is 4.88 Å². The Labute approximate surface area is 157 Å². The summed E-state index contributed by atoms with van der Waals surface area (Å²) in [4.78, 5) is 30.1. The molecular formula is C18H13N3O3S2. The average Bonchev–Trinajstić information content (AvgIpc) is 3.33. The minimum atomic E-state index is -1.47. The molecule has 8 heteroatoms. The normalized spacial score (nSPS) is 11.4. The van der Waals surface area contributed by atoms with E-state index in [9.17, 15) is 14.9 Å². The van der Waals surface area contributed by atoms with Gasteiger partial charge in [0.15, 0.2) is 5.92 Å². The molecule has 3 rings (SSSR count). The summed E-state index contributed by atoms with van der Waals surface area (Å²) in [6.45, 7) is 0. The SMILES string of the molecule is COc1cccc(NC(=O)C(C#N)C(=O)c2csc(-c3cccs3)n2)c1. The van der Waals surface area contributed by atoms with Crippen molar-refractivity contribution < 1.29 is 14.3 Å². The number of nitrogens with zero attached hydrogens (tertiary/aromatic N) is 2. The summed E-state index contributed by atoms with van der Waals surface area (Å²) in [5.74, 6) is -2.23. The highest BCUT2D eigenvalue weighted by Gasteiger charge is 2.29. The van der Waals surface area contributed by atoms with Gasteiger partial charge in [-0.25, -0.2) is 4.98 Å². The zero-order valence-corrected chi connectivity index (χ0v) is 15.3. The molecule has 0 aliphatic rings. The first kappa shape index (κ1) is 17.8. The summed E-state index contributed by atoms with van der Waals surface area (Å²) in [5, 5.41) is 16.1. The van der Waals surface area contributed by atoms with Crippen molar-refractivity contribution in [2.75, 3.05) is 12.4 Å². The first-order chi connectivity index (χ1) is 12.6. The second kappa shape index (κ2) is 7.91. The Balaban J connectivity index is 1.76. The van der Waals surface area contributed by atoms with Crippen molar-refractivity contribution in [1.82, 2.24) is 4.98 Å². The number of nitriles is 1. The number of carbonyl (C=O) groups is 2. The van der Waals surface area contributed by atoms with Gasteiger partial charge < -0.3 is 10.1 Å². The number of ketones is 1. The first-order valence-electron chi connectivity index (χ1n) is 7.50. The molecule has 0 fully saturated rings. The van der Waals surface area contributed by atoms with E-state index in [1.54, 1.807) is 35.7 Å². The number of aromatic nitrogens is 1. The number of hydrogen-bond acceptors (Lipinski definition) is 7. The van der Waals surface area contributed by atoms with Crippen molar-refractivity contribution in [1.29, 1.82) is 5.26 Å². The molecule has 2 aromatic heterocycles. The smallest absolute Gasteiger partial charge is 0.249 e. The summed E-state index contributed by atoms with van der Waals surface area (Å²) in [6.07, 6.45) is 0. The lowest BCUT2D eigenvalue weighted by atomic mass is 10.0. The highest BCUT2D eigenvalue weighted by atomic mass is 32.1. The van der Waals surface area contributed by atoms with Gasteiger partial charge in [0, 0.05) is 17.1 Å². The van der Waals surface area contributed by atoms with E-state index in [0.29, 0.717) is 16.4 Å². The van der Waals surface area contributed by atoms with Gasteiger partial charge in [-0.05, 0) is 23.6 Å². The van der Waals surface area contributed by atoms with Crippen molar-refractivity contribution in [3.8, 4) is 21.7 Å². The maximum absolute atomic E-state index is 12.6. The minimum absolute atomic E-state index is 0.116. The molecule has 1 unspecified atom stereocenters. The van der Waals surface area contributed by atoms with Gasteiger partial charge in [-0.1, -0.05) is 12.1 Å². The molecular weight excluding hydrogens is 370 g/mol. The zero-order valence-electron chi connectivity index (χ0n) is 13.6. The van der Waals surface area contributed by atoms with Crippen molar-refractivity contribution in [3.05, 3.63) is 52.9 Å². The second-order valence-corrected chi connectivity index (χ2v) is 6.97. The number of benzene rings is 1. The number of thiazole rings is 1. The molecule has 0 radical (unpaired) electrons. The number of amides is 1. The summed E-state index contributed by atoms with van der Waals surface area (Å²) in [7, 11) is 1.51. The number of anilines is 1. The van der Waals surface area contributed by atoms with Crippen LogP contribution in [0.25, 0.3) is 9.88 Å². The van der Waals surface area contributed by atoms with Crippen LogP contribution in [0.1, 0.15) is 10.5 Å². The van der Waals surface area contributed by atoms with Crippen molar-refractivity contribution in [3.63, 3.8) is 0 Å². The molecule has 0 aliphatic heterocycles. The van der Waals surface area contributed by atoms with Crippen LogP contribution < -0.4 is 10.1 Å². The maximum atomic E-state index is 12.6. The molecule has 2 heterocycles. The Kier molecular flexibility index (Phi) is 5.41. The van der Waals surface area contributed by atoms with E-state index in [-0.39, 0.29) is 5.69 Å². The van der Waals surface area contributed by atoms with Gasteiger partial charge in [0.2, 0.25) is 11.7 Å². The third kappa shape index (κ3) is 3.79. The molecule has 1 amide bonds. The van der Waals surface area contributed by atoms with E-state index in [1.807, 2.05) is 17.5 Å². The maximum Gasteiger partial charge on any atom is 0.249 e. The van der Waals surface area contributed by atoms with Crippen LogP contribution in [-0.2, 0) is 4.79 Å². The number of thiophene rings is 1. The first-order valence-corrected chi connectivity index (χ1v) is 9.26. The van der Waals surface area contributed by atoms with Crippen LogP contribution in [0.3, 0.4) is 0 Å². The van der Waals surface area contributed by atoms with Gasteiger partial charge in [0.25, 0.3) is 0 Å². The second-order valence-electron chi connectivity index (χ2n) is 5.16. The van der Waals surface area contributed by atoms with E-state index in [1.165, 1.54) is 29.8 Å². The van der Waals surface area contributed by atoms with E-state index >= 15 is 0 Å². The van der Waals surface area contributed by atoms with Crippen LogP contribution in [0.4, 0.5) is 5.69 Å². The number of hydrogen-bond donors (Lipinski definition) is 1. The van der Waals surface area contributed by atoms with Gasteiger partial charge in [-0.2, -0.15) is 5.26 Å². The lowest BCUT2D eigenvalue weighted by Gasteiger charge is -2.09. The van der Waals surface area contributed by atoms with Gasteiger partial charge >= 0.3 is 0 Å². The molecule has 0 saturated heterocycles. The summed E-state index contributed by atoms with van der Waals surface area (Å²) < 4.78 is 5.09. The molecule has 26 heavy (non-hydrogen) atoms. The molecule has 0 saturated carbocycles.